The molecule has 0 saturated heterocycles. The molecule has 0 saturated carbocycles. The molecule has 0 spiro atoms. The van der Waals surface area contributed by atoms with Crippen LogP contribution in [0.3, 0.4) is 0 Å². The Kier molecular flexibility index (Phi) is 5.39. The van der Waals surface area contributed by atoms with Crippen molar-refractivity contribution in [2.45, 2.75) is 13.0 Å². The lowest BCUT2D eigenvalue weighted by Gasteiger charge is -2.12. The van der Waals surface area contributed by atoms with Gasteiger partial charge in [0.05, 0.1) is 0 Å². The Balaban J connectivity index is 1.82. The summed E-state index contributed by atoms with van der Waals surface area (Å²) in [6.07, 6.45) is 3.52. The lowest BCUT2D eigenvalue weighted by atomic mass is 10.0. The first-order valence-corrected chi connectivity index (χ1v) is 7.78. The van der Waals surface area contributed by atoms with Crippen molar-refractivity contribution >= 4 is 17.5 Å². The van der Waals surface area contributed by atoms with E-state index in [1.807, 2.05) is 0 Å². The summed E-state index contributed by atoms with van der Waals surface area (Å²) in [6, 6.07) is 8.64. The molecule has 3 rings (SSSR count). The summed E-state index contributed by atoms with van der Waals surface area (Å²) in [5, 5.41) is 9.99. The second-order valence-corrected chi connectivity index (χ2v) is 5.53. The van der Waals surface area contributed by atoms with Gasteiger partial charge in [-0.25, -0.2) is 15.1 Å². The summed E-state index contributed by atoms with van der Waals surface area (Å²) in [6.45, 7) is -2.38. The van der Waals surface area contributed by atoms with Crippen molar-refractivity contribution in [2.75, 3.05) is 11.9 Å². The van der Waals surface area contributed by atoms with Crippen molar-refractivity contribution in [1.29, 1.82) is 0 Å². The molecule has 1 aromatic carbocycles. The van der Waals surface area contributed by atoms with Crippen LogP contribution in [0.2, 0.25) is 5.02 Å². The summed E-state index contributed by atoms with van der Waals surface area (Å²) >= 11 is 6.00. The van der Waals surface area contributed by atoms with E-state index in [1.54, 1.807) is 30.3 Å². The van der Waals surface area contributed by atoms with E-state index in [2.05, 4.69) is 30.2 Å². The normalized spacial score (nSPS) is 10.9. The van der Waals surface area contributed by atoms with Gasteiger partial charge in [-0.2, -0.15) is 13.9 Å². The number of rotatable bonds is 7. The fourth-order valence-corrected chi connectivity index (χ4v) is 2.48. The molecule has 0 aliphatic rings. The molecule has 130 valence electrons. The third-order valence-electron chi connectivity index (χ3n) is 3.37. The van der Waals surface area contributed by atoms with Crippen LogP contribution in [0.15, 0.2) is 42.9 Å². The number of hydrogen-bond donors (Lipinski definition) is 2. The molecule has 0 amide bonds. The largest absolute Gasteiger partial charge is 0.416 e. The Hall–Kier alpha value is -2.74. The van der Waals surface area contributed by atoms with Crippen molar-refractivity contribution in [3.05, 3.63) is 53.4 Å². The van der Waals surface area contributed by atoms with Crippen molar-refractivity contribution in [3.63, 3.8) is 0 Å². The van der Waals surface area contributed by atoms with Crippen molar-refractivity contribution in [2.24, 2.45) is 0 Å². The maximum absolute atomic E-state index is 12.6. The minimum absolute atomic E-state index is 0.135. The van der Waals surface area contributed by atoms with Crippen LogP contribution in [0.1, 0.15) is 5.56 Å². The van der Waals surface area contributed by atoms with Crippen molar-refractivity contribution in [1.82, 2.24) is 20.2 Å². The van der Waals surface area contributed by atoms with Crippen LogP contribution in [0.25, 0.3) is 11.1 Å². The van der Waals surface area contributed by atoms with Crippen LogP contribution in [0.5, 0.6) is 5.88 Å². The zero-order valence-electron chi connectivity index (χ0n) is 12.9. The third kappa shape index (κ3) is 4.63. The molecule has 3 aromatic rings. The average Bonchev–Trinajstić information content (AvgIpc) is 3.09. The molecule has 0 fully saturated rings. The number of pyridine rings is 1. The van der Waals surface area contributed by atoms with Crippen LogP contribution < -0.4 is 10.1 Å². The number of aromatic amines is 1. The quantitative estimate of drug-likeness (QED) is 0.666. The first kappa shape index (κ1) is 17.1. The molecule has 2 heterocycles. The van der Waals surface area contributed by atoms with E-state index in [1.165, 1.54) is 12.5 Å². The summed E-state index contributed by atoms with van der Waals surface area (Å²) in [7, 11) is 0. The molecule has 2 N–H and O–H groups in total. The highest BCUT2D eigenvalue weighted by Gasteiger charge is 2.14. The predicted molar refractivity (Wildman–Crippen MR) is 89.9 cm³/mol. The molecule has 25 heavy (non-hydrogen) atoms. The average molecular weight is 366 g/mol. The summed E-state index contributed by atoms with van der Waals surface area (Å²) in [4.78, 5) is 7.99. The van der Waals surface area contributed by atoms with E-state index in [9.17, 15) is 8.78 Å². The SMILES string of the molecule is FC(F)Oc1ncc(CCNc2ncn[nH]2)cc1-c1cccc(Cl)c1. The molecule has 6 nitrogen and oxygen atoms in total. The van der Waals surface area contributed by atoms with Gasteiger partial charge < -0.3 is 10.1 Å². The number of hydrogen-bond acceptors (Lipinski definition) is 5. The second kappa shape index (κ2) is 7.89. The first-order chi connectivity index (χ1) is 12.1. The van der Waals surface area contributed by atoms with Gasteiger partial charge in [-0.15, -0.1) is 0 Å². The van der Waals surface area contributed by atoms with Crippen LogP contribution in [0.4, 0.5) is 14.7 Å². The van der Waals surface area contributed by atoms with E-state index in [0.29, 0.717) is 35.1 Å². The minimum atomic E-state index is -2.95. The van der Waals surface area contributed by atoms with Crippen LogP contribution in [-0.2, 0) is 6.42 Å². The number of ether oxygens (including phenoxy) is 1. The molecule has 0 unspecified atom stereocenters. The van der Waals surface area contributed by atoms with Gasteiger partial charge >= 0.3 is 6.61 Å². The van der Waals surface area contributed by atoms with Crippen LogP contribution in [-0.4, -0.2) is 33.3 Å². The summed E-state index contributed by atoms with van der Waals surface area (Å²) in [5.41, 5.74) is 1.96. The second-order valence-electron chi connectivity index (χ2n) is 5.10. The van der Waals surface area contributed by atoms with Gasteiger partial charge in [0.15, 0.2) is 0 Å². The topological polar surface area (TPSA) is 75.7 Å². The molecule has 0 bridgehead atoms. The number of halogens is 3. The van der Waals surface area contributed by atoms with E-state index in [0.717, 1.165) is 5.56 Å². The van der Waals surface area contributed by atoms with E-state index >= 15 is 0 Å². The van der Waals surface area contributed by atoms with E-state index in [4.69, 9.17) is 11.6 Å². The van der Waals surface area contributed by atoms with Gasteiger partial charge in [-0.1, -0.05) is 23.7 Å². The first-order valence-electron chi connectivity index (χ1n) is 7.41. The fraction of sp³-hybridized carbons (Fsp3) is 0.188. The van der Waals surface area contributed by atoms with Gasteiger partial charge in [0, 0.05) is 23.3 Å². The maximum Gasteiger partial charge on any atom is 0.388 e. The van der Waals surface area contributed by atoms with Gasteiger partial charge in [0.2, 0.25) is 11.8 Å². The zero-order valence-corrected chi connectivity index (χ0v) is 13.7. The Labute approximate surface area is 147 Å². The maximum atomic E-state index is 12.6. The molecular weight excluding hydrogens is 352 g/mol. The van der Waals surface area contributed by atoms with Crippen LogP contribution in [0, 0.1) is 0 Å². The van der Waals surface area contributed by atoms with Gasteiger partial charge in [0.25, 0.3) is 0 Å². The molecule has 2 aromatic heterocycles. The summed E-state index contributed by atoms with van der Waals surface area (Å²) < 4.78 is 29.8. The number of benzene rings is 1. The Morgan fingerprint density at radius 2 is 2.12 bits per heavy atom. The smallest absolute Gasteiger partial charge is 0.388 e. The monoisotopic (exact) mass is 365 g/mol. The predicted octanol–water partition coefficient (Wildman–Crippen LogP) is 3.78. The fourth-order valence-electron chi connectivity index (χ4n) is 2.29. The number of nitrogens with one attached hydrogen (secondary N) is 2. The van der Waals surface area contributed by atoms with E-state index < -0.39 is 6.61 Å². The highest BCUT2D eigenvalue weighted by Crippen LogP contribution is 2.31. The molecular formula is C16H14ClF2N5O. The highest BCUT2D eigenvalue weighted by atomic mass is 35.5. The highest BCUT2D eigenvalue weighted by molar-refractivity contribution is 6.30. The van der Waals surface area contributed by atoms with E-state index in [-0.39, 0.29) is 5.88 Å². The number of alkyl halides is 2. The number of H-pyrrole nitrogens is 1. The molecule has 0 atom stereocenters. The Morgan fingerprint density at radius 1 is 1.24 bits per heavy atom. The minimum Gasteiger partial charge on any atom is -0.416 e. The standard InChI is InChI=1S/C16H14ClF2N5O/c17-12-3-1-2-11(7-12)13-6-10(8-21-14(13)25-15(18)19)4-5-20-16-22-9-23-24-16/h1-3,6-9,15H,4-5H2,(H2,20,22,23,24). The Morgan fingerprint density at radius 3 is 2.84 bits per heavy atom. The Bertz CT molecular complexity index is 829. The zero-order chi connectivity index (χ0) is 17.6. The molecule has 0 aliphatic carbocycles. The molecule has 0 aliphatic heterocycles. The number of aromatic nitrogens is 4. The van der Waals surface area contributed by atoms with Gasteiger partial charge in [-0.05, 0) is 35.7 Å². The lowest BCUT2D eigenvalue weighted by Crippen LogP contribution is -2.08. The van der Waals surface area contributed by atoms with Crippen molar-refractivity contribution < 1.29 is 13.5 Å². The number of nitrogens with zero attached hydrogens (tertiary/aromatic N) is 3. The van der Waals surface area contributed by atoms with Gasteiger partial charge in [0.1, 0.15) is 6.33 Å². The van der Waals surface area contributed by atoms with Crippen molar-refractivity contribution in [3.8, 4) is 17.0 Å². The van der Waals surface area contributed by atoms with Crippen LogP contribution >= 0.6 is 11.6 Å². The molecule has 0 radical (unpaired) electrons. The molecule has 9 heteroatoms. The van der Waals surface area contributed by atoms with Gasteiger partial charge in [-0.3, -0.25) is 0 Å². The third-order valence-corrected chi connectivity index (χ3v) is 3.60. The summed E-state index contributed by atoms with van der Waals surface area (Å²) in [5.74, 6) is 0.421. The number of anilines is 1. The lowest BCUT2D eigenvalue weighted by molar-refractivity contribution is -0.0524.